The molecule has 0 amide bonds. The van der Waals surface area contributed by atoms with Crippen LogP contribution in [0.15, 0.2) is 36.8 Å². The number of nitrogens with zero attached hydrogens (tertiary/aromatic N) is 3. The number of methoxy groups -OCH3 is 2. The molecule has 2 aromatic rings. The van der Waals surface area contributed by atoms with E-state index in [0.29, 0.717) is 11.0 Å². The van der Waals surface area contributed by atoms with Crippen molar-refractivity contribution in [3.8, 4) is 11.5 Å². The Morgan fingerprint density at radius 1 is 1.20 bits per heavy atom. The Kier molecular flexibility index (Phi) is 6.46. The Hall–Kier alpha value is -2.86. The summed E-state index contributed by atoms with van der Waals surface area (Å²) in [5.41, 5.74) is 4.56. The van der Waals surface area contributed by atoms with Gasteiger partial charge in [0.05, 0.1) is 19.8 Å². The Morgan fingerprint density at radius 3 is 2.33 bits per heavy atom. The molecule has 0 saturated carbocycles. The van der Waals surface area contributed by atoms with Crippen molar-refractivity contribution >= 4 is 11.9 Å². The highest BCUT2D eigenvalue weighted by Gasteiger charge is 2.35. The van der Waals surface area contributed by atoms with Crippen molar-refractivity contribution in [3.05, 3.63) is 59.0 Å². The summed E-state index contributed by atoms with van der Waals surface area (Å²) in [5, 5.41) is 0. The van der Waals surface area contributed by atoms with E-state index in [1.807, 2.05) is 43.4 Å². The van der Waals surface area contributed by atoms with Crippen molar-refractivity contribution in [2.24, 2.45) is 5.41 Å². The molecule has 0 bridgehead atoms. The van der Waals surface area contributed by atoms with Crippen LogP contribution < -0.4 is 9.47 Å². The van der Waals surface area contributed by atoms with Gasteiger partial charge in [-0.2, -0.15) is 0 Å². The maximum absolute atomic E-state index is 11.6. The summed E-state index contributed by atoms with van der Waals surface area (Å²) < 4.78 is 11.5. The van der Waals surface area contributed by atoms with Crippen LogP contribution in [0.5, 0.6) is 11.5 Å². The monoisotopic (exact) mass is 409 g/mol. The number of hydrogen-bond donors (Lipinski definition) is 0. The van der Waals surface area contributed by atoms with Gasteiger partial charge in [0.2, 0.25) is 0 Å². The summed E-state index contributed by atoms with van der Waals surface area (Å²) >= 11 is 0. The summed E-state index contributed by atoms with van der Waals surface area (Å²) in [5.74, 6) is 1.56. The van der Waals surface area contributed by atoms with Crippen LogP contribution in [0.1, 0.15) is 40.9 Å². The lowest BCUT2D eigenvalue weighted by Gasteiger charge is -2.46. The number of rotatable bonds is 8. The van der Waals surface area contributed by atoms with Gasteiger partial charge in [0.1, 0.15) is 11.5 Å². The largest absolute Gasteiger partial charge is 0.496 e. The quantitative estimate of drug-likeness (QED) is 0.620. The number of carbonyl (C=O) groups is 1. The lowest BCUT2D eigenvalue weighted by atomic mass is 9.84. The zero-order valence-electron chi connectivity index (χ0n) is 18.7. The molecule has 1 fully saturated rings. The minimum Gasteiger partial charge on any atom is -0.496 e. The van der Waals surface area contributed by atoms with E-state index in [2.05, 4.69) is 23.7 Å². The fourth-order valence-electron chi connectivity index (χ4n) is 4.10. The van der Waals surface area contributed by atoms with Gasteiger partial charge in [-0.05, 0) is 34.7 Å². The summed E-state index contributed by atoms with van der Waals surface area (Å²) in [4.78, 5) is 20.1. The zero-order valence-corrected chi connectivity index (χ0v) is 18.7. The van der Waals surface area contributed by atoms with Crippen LogP contribution in [0.3, 0.4) is 0 Å². The number of benzene rings is 1. The van der Waals surface area contributed by atoms with Gasteiger partial charge < -0.3 is 14.4 Å². The molecule has 2 heterocycles. The zero-order chi connectivity index (χ0) is 21.9. The lowest BCUT2D eigenvalue weighted by Crippen LogP contribution is -2.52. The normalized spacial score (nSPS) is 16.0. The molecule has 1 aliphatic rings. The molecule has 3 rings (SSSR count). The molecule has 0 spiro atoms. The lowest BCUT2D eigenvalue weighted by molar-refractivity contribution is 0.0231. The second-order valence-corrected chi connectivity index (χ2v) is 8.76. The Bertz CT molecular complexity index is 917. The molecule has 0 radical (unpaired) electrons. The minimum atomic E-state index is 0.356. The number of aldehydes is 1. The van der Waals surface area contributed by atoms with Crippen molar-refractivity contribution in [1.29, 1.82) is 0 Å². The van der Waals surface area contributed by atoms with Crippen LogP contribution in [-0.2, 0) is 6.54 Å². The first-order chi connectivity index (χ1) is 14.3. The van der Waals surface area contributed by atoms with Crippen LogP contribution in [0, 0.1) is 5.41 Å². The third-order valence-electron chi connectivity index (χ3n) is 5.26. The second-order valence-electron chi connectivity index (χ2n) is 8.76. The molecule has 6 heteroatoms. The van der Waals surface area contributed by atoms with E-state index >= 15 is 0 Å². The summed E-state index contributed by atoms with van der Waals surface area (Å²) in [6, 6.07) is 5.90. The number of carbonyl (C=O) groups excluding carboxylic acids is 1. The Morgan fingerprint density at radius 2 is 1.83 bits per heavy atom. The van der Waals surface area contributed by atoms with Crippen molar-refractivity contribution in [1.82, 2.24) is 14.8 Å². The maximum Gasteiger partial charge on any atom is 0.152 e. The van der Waals surface area contributed by atoms with E-state index in [1.54, 1.807) is 26.6 Å². The van der Waals surface area contributed by atoms with Crippen LogP contribution in [0.4, 0.5) is 0 Å². The van der Waals surface area contributed by atoms with Crippen LogP contribution in [0.25, 0.3) is 5.57 Å². The molecule has 1 aliphatic heterocycles. The number of likely N-dealkylation sites (tertiary alicyclic amines) is 1. The smallest absolute Gasteiger partial charge is 0.152 e. The van der Waals surface area contributed by atoms with Gasteiger partial charge in [0.15, 0.2) is 6.29 Å². The number of ether oxygens (including phenoxy) is 2. The van der Waals surface area contributed by atoms with Crippen molar-refractivity contribution in [2.75, 3.05) is 41.4 Å². The van der Waals surface area contributed by atoms with E-state index in [-0.39, 0.29) is 0 Å². The third kappa shape index (κ3) is 4.65. The summed E-state index contributed by atoms with van der Waals surface area (Å²) in [7, 11) is 7.27. The van der Waals surface area contributed by atoms with Gasteiger partial charge in [0.25, 0.3) is 0 Å². The second kappa shape index (κ2) is 8.88. The molecule has 1 aromatic heterocycles. The molecule has 0 atom stereocenters. The molecule has 30 heavy (non-hydrogen) atoms. The van der Waals surface area contributed by atoms with Gasteiger partial charge in [-0.25, -0.2) is 0 Å². The van der Waals surface area contributed by atoms with E-state index < -0.39 is 0 Å². The van der Waals surface area contributed by atoms with Gasteiger partial charge in [-0.3, -0.25) is 14.7 Å². The molecule has 0 unspecified atom stereocenters. The Balaban J connectivity index is 2.08. The minimum absolute atomic E-state index is 0.356. The molecular weight excluding hydrogens is 378 g/mol. The number of aromatic nitrogens is 1. The number of pyridine rings is 1. The van der Waals surface area contributed by atoms with Gasteiger partial charge in [-0.15, -0.1) is 0 Å². The number of hydrogen-bond acceptors (Lipinski definition) is 6. The van der Waals surface area contributed by atoms with Gasteiger partial charge in [0, 0.05) is 63.5 Å². The molecule has 160 valence electrons. The van der Waals surface area contributed by atoms with Crippen LogP contribution in [0.2, 0.25) is 0 Å². The van der Waals surface area contributed by atoms with Crippen LogP contribution in [-0.4, -0.2) is 62.5 Å². The average molecular weight is 410 g/mol. The molecular formula is C24H31N3O3. The standard InChI is InChI=1S/C24H31N3O3/c1-24(2)15-27(16-24)13-21-22(29-5)9-17(10-23(21)30-6)20(12-26(3)4)19-7-8-25-11-18(19)14-28/h7-12,14H,13,15-16H2,1-6H3/b20-12-. The van der Waals surface area contributed by atoms with Gasteiger partial charge in [-0.1, -0.05) is 13.8 Å². The summed E-state index contributed by atoms with van der Waals surface area (Å²) in [6.45, 7) is 7.42. The molecule has 0 N–H and O–H groups in total. The topological polar surface area (TPSA) is 54.9 Å². The molecule has 6 nitrogen and oxygen atoms in total. The predicted molar refractivity (Wildman–Crippen MR) is 119 cm³/mol. The Labute approximate surface area is 179 Å². The average Bonchev–Trinajstić information content (AvgIpc) is 2.70. The van der Waals surface area contributed by atoms with Crippen LogP contribution >= 0.6 is 0 Å². The molecule has 1 aromatic carbocycles. The van der Waals surface area contributed by atoms with Crippen molar-refractivity contribution in [3.63, 3.8) is 0 Å². The van der Waals surface area contributed by atoms with E-state index in [4.69, 9.17) is 9.47 Å². The SMILES string of the molecule is COc1cc(/C(=C/N(C)C)c2ccncc2C=O)cc(OC)c1CN1CC(C)(C)C1. The van der Waals surface area contributed by atoms with Gasteiger partial charge >= 0.3 is 0 Å². The van der Waals surface area contributed by atoms with Crippen molar-refractivity contribution < 1.29 is 14.3 Å². The first kappa shape index (κ1) is 21.8. The maximum atomic E-state index is 11.6. The molecule has 1 saturated heterocycles. The van der Waals surface area contributed by atoms with Crippen molar-refractivity contribution in [2.45, 2.75) is 20.4 Å². The first-order valence-corrected chi connectivity index (χ1v) is 10.0. The third-order valence-corrected chi connectivity index (χ3v) is 5.26. The fraction of sp³-hybridized carbons (Fsp3) is 0.417. The predicted octanol–water partition coefficient (Wildman–Crippen LogP) is 3.70. The molecule has 0 aliphatic carbocycles. The summed E-state index contributed by atoms with van der Waals surface area (Å²) in [6.07, 6.45) is 6.11. The highest BCUT2D eigenvalue weighted by molar-refractivity contribution is 5.90. The highest BCUT2D eigenvalue weighted by atomic mass is 16.5. The van der Waals surface area contributed by atoms with E-state index in [1.165, 1.54) is 0 Å². The fourth-order valence-corrected chi connectivity index (χ4v) is 4.10. The first-order valence-electron chi connectivity index (χ1n) is 10.0. The van der Waals surface area contributed by atoms with E-state index in [9.17, 15) is 4.79 Å². The highest BCUT2D eigenvalue weighted by Crippen LogP contribution is 2.39. The van der Waals surface area contributed by atoms with E-state index in [0.717, 1.165) is 59.7 Å².